The Morgan fingerprint density at radius 2 is 1.76 bits per heavy atom. The third-order valence-electron chi connectivity index (χ3n) is 3.03. The van der Waals surface area contributed by atoms with Crippen LogP contribution in [0.5, 0.6) is 5.75 Å². The first kappa shape index (κ1) is 17.5. The molecule has 0 fully saturated rings. The number of nitrogens with one attached hydrogen (secondary N) is 2. The SMILES string of the molecule is Cc1ccc(C)c(OCC(=O)NCCNS(C)(=O)=O)c1C. The van der Waals surface area contributed by atoms with Gasteiger partial charge in [0.15, 0.2) is 6.61 Å². The molecule has 0 saturated carbocycles. The fourth-order valence-electron chi connectivity index (χ4n) is 1.77. The van der Waals surface area contributed by atoms with Gasteiger partial charge in [-0.25, -0.2) is 13.1 Å². The summed E-state index contributed by atoms with van der Waals surface area (Å²) in [5.41, 5.74) is 3.10. The second-order valence-corrected chi connectivity index (χ2v) is 6.79. The van der Waals surface area contributed by atoms with E-state index in [9.17, 15) is 13.2 Å². The smallest absolute Gasteiger partial charge is 0.257 e. The number of rotatable bonds is 7. The van der Waals surface area contributed by atoms with Gasteiger partial charge in [0, 0.05) is 13.1 Å². The van der Waals surface area contributed by atoms with Crippen LogP contribution in [0, 0.1) is 20.8 Å². The molecule has 0 spiro atoms. The van der Waals surface area contributed by atoms with Crippen LogP contribution in [0.15, 0.2) is 12.1 Å². The first-order valence-corrected chi connectivity index (χ1v) is 8.51. The van der Waals surface area contributed by atoms with Gasteiger partial charge < -0.3 is 10.1 Å². The number of hydrogen-bond donors (Lipinski definition) is 2. The predicted molar refractivity (Wildman–Crippen MR) is 82.0 cm³/mol. The number of carbonyl (C=O) groups is 1. The fourth-order valence-corrected chi connectivity index (χ4v) is 2.25. The second kappa shape index (κ2) is 7.42. The second-order valence-electron chi connectivity index (χ2n) is 4.96. The van der Waals surface area contributed by atoms with Crippen LogP contribution in [-0.2, 0) is 14.8 Å². The first-order valence-electron chi connectivity index (χ1n) is 6.61. The maximum atomic E-state index is 11.6. The lowest BCUT2D eigenvalue weighted by Crippen LogP contribution is -2.36. The number of aryl methyl sites for hydroxylation is 2. The average molecular weight is 314 g/mol. The highest BCUT2D eigenvalue weighted by Crippen LogP contribution is 2.25. The molecule has 0 saturated heterocycles. The lowest BCUT2D eigenvalue weighted by molar-refractivity contribution is -0.123. The number of amides is 1. The van der Waals surface area contributed by atoms with E-state index in [2.05, 4.69) is 10.0 Å². The molecule has 0 aromatic heterocycles. The number of sulfonamides is 1. The Hall–Kier alpha value is -1.60. The minimum atomic E-state index is -3.23. The predicted octanol–water partition coefficient (Wildman–Crippen LogP) is 0.656. The molecule has 0 radical (unpaired) electrons. The van der Waals surface area contributed by atoms with Gasteiger partial charge in [0.25, 0.3) is 5.91 Å². The minimum Gasteiger partial charge on any atom is -0.483 e. The zero-order chi connectivity index (χ0) is 16.0. The maximum absolute atomic E-state index is 11.6. The van der Waals surface area contributed by atoms with Crippen molar-refractivity contribution < 1.29 is 17.9 Å². The minimum absolute atomic E-state index is 0.0932. The molecule has 0 atom stereocenters. The molecule has 1 rings (SSSR count). The van der Waals surface area contributed by atoms with Crippen molar-refractivity contribution in [3.63, 3.8) is 0 Å². The number of hydrogen-bond acceptors (Lipinski definition) is 4. The Morgan fingerprint density at radius 1 is 1.14 bits per heavy atom. The van der Waals surface area contributed by atoms with Gasteiger partial charge >= 0.3 is 0 Å². The third kappa shape index (κ3) is 6.14. The Morgan fingerprint density at radius 3 is 2.38 bits per heavy atom. The largest absolute Gasteiger partial charge is 0.483 e. The summed E-state index contributed by atoms with van der Waals surface area (Å²) in [7, 11) is -3.23. The Bertz CT molecular complexity index is 612. The molecule has 1 amide bonds. The van der Waals surface area contributed by atoms with Gasteiger partial charge in [-0.15, -0.1) is 0 Å². The molecule has 1 aromatic rings. The van der Waals surface area contributed by atoms with E-state index in [1.807, 2.05) is 32.9 Å². The summed E-state index contributed by atoms with van der Waals surface area (Å²) in [6.07, 6.45) is 1.07. The highest BCUT2D eigenvalue weighted by atomic mass is 32.2. The molecule has 0 aliphatic carbocycles. The maximum Gasteiger partial charge on any atom is 0.257 e. The van der Waals surface area contributed by atoms with Gasteiger partial charge in [0.2, 0.25) is 10.0 Å². The number of ether oxygens (including phenoxy) is 1. The molecular formula is C14H22N2O4S. The molecule has 118 valence electrons. The van der Waals surface area contributed by atoms with E-state index in [1.165, 1.54) is 0 Å². The highest BCUT2D eigenvalue weighted by Gasteiger charge is 2.09. The van der Waals surface area contributed by atoms with Crippen molar-refractivity contribution in [2.24, 2.45) is 0 Å². The molecule has 1 aromatic carbocycles. The van der Waals surface area contributed by atoms with Gasteiger partial charge in [0.05, 0.1) is 6.26 Å². The zero-order valence-corrected chi connectivity index (χ0v) is 13.6. The molecule has 7 heteroatoms. The van der Waals surface area contributed by atoms with Crippen molar-refractivity contribution in [2.75, 3.05) is 26.0 Å². The van der Waals surface area contributed by atoms with Crippen LogP contribution in [0.4, 0.5) is 0 Å². The van der Waals surface area contributed by atoms with Gasteiger partial charge in [-0.2, -0.15) is 0 Å². The Kier molecular flexibility index (Phi) is 6.17. The van der Waals surface area contributed by atoms with Crippen LogP contribution in [-0.4, -0.2) is 40.3 Å². The van der Waals surface area contributed by atoms with Crippen molar-refractivity contribution in [3.05, 3.63) is 28.8 Å². The normalized spacial score (nSPS) is 11.2. The Labute approximate surface area is 125 Å². The van der Waals surface area contributed by atoms with E-state index >= 15 is 0 Å². The zero-order valence-electron chi connectivity index (χ0n) is 12.8. The summed E-state index contributed by atoms with van der Waals surface area (Å²) in [5.74, 6) is 0.435. The summed E-state index contributed by atoms with van der Waals surface area (Å²) >= 11 is 0. The van der Waals surface area contributed by atoms with Crippen LogP contribution in [0.1, 0.15) is 16.7 Å². The van der Waals surface area contributed by atoms with E-state index in [0.29, 0.717) is 0 Å². The van der Waals surface area contributed by atoms with Gasteiger partial charge in [-0.1, -0.05) is 12.1 Å². The summed E-state index contributed by atoms with van der Waals surface area (Å²) in [4.78, 5) is 11.6. The number of benzene rings is 1. The van der Waals surface area contributed by atoms with E-state index in [4.69, 9.17) is 4.74 Å². The van der Waals surface area contributed by atoms with E-state index in [1.54, 1.807) is 0 Å². The van der Waals surface area contributed by atoms with Crippen molar-refractivity contribution in [2.45, 2.75) is 20.8 Å². The van der Waals surface area contributed by atoms with Crippen molar-refractivity contribution >= 4 is 15.9 Å². The van der Waals surface area contributed by atoms with Crippen LogP contribution >= 0.6 is 0 Å². The van der Waals surface area contributed by atoms with Crippen LogP contribution in [0.2, 0.25) is 0 Å². The topological polar surface area (TPSA) is 84.5 Å². The number of carbonyl (C=O) groups excluding carboxylic acids is 1. The summed E-state index contributed by atoms with van der Waals surface area (Å²) in [6.45, 7) is 6.15. The average Bonchev–Trinajstić information content (AvgIpc) is 2.38. The Balaban J connectivity index is 2.42. The molecule has 0 aliphatic heterocycles. The molecule has 0 heterocycles. The van der Waals surface area contributed by atoms with E-state index in [-0.39, 0.29) is 25.6 Å². The lowest BCUT2D eigenvalue weighted by Gasteiger charge is -2.13. The molecular weight excluding hydrogens is 292 g/mol. The first-order chi connectivity index (χ1) is 9.70. The third-order valence-corrected chi connectivity index (χ3v) is 3.76. The molecule has 6 nitrogen and oxygen atoms in total. The van der Waals surface area contributed by atoms with Gasteiger partial charge in [-0.3, -0.25) is 4.79 Å². The van der Waals surface area contributed by atoms with Crippen molar-refractivity contribution in [1.29, 1.82) is 0 Å². The molecule has 0 aliphatic rings. The summed E-state index contributed by atoms with van der Waals surface area (Å²) < 4.78 is 29.5. The molecule has 0 bridgehead atoms. The molecule has 21 heavy (non-hydrogen) atoms. The van der Waals surface area contributed by atoms with Crippen molar-refractivity contribution in [3.8, 4) is 5.75 Å². The summed E-state index contributed by atoms with van der Waals surface area (Å²) in [5, 5.41) is 2.59. The highest BCUT2D eigenvalue weighted by molar-refractivity contribution is 7.88. The van der Waals surface area contributed by atoms with Crippen LogP contribution in [0.3, 0.4) is 0 Å². The lowest BCUT2D eigenvalue weighted by atomic mass is 10.1. The molecule has 0 unspecified atom stereocenters. The summed E-state index contributed by atoms with van der Waals surface area (Å²) in [6, 6.07) is 3.96. The van der Waals surface area contributed by atoms with Crippen LogP contribution in [0.25, 0.3) is 0 Å². The fraction of sp³-hybridized carbons (Fsp3) is 0.500. The van der Waals surface area contributed by atoms with Gasteiger partial charge in [0.1, 0.15) is 5.75 Å². The monoisotopic (exact) mass is 314 g/mol. The van der Waals surface area contributed by atoms with E-state index in [0.717, 1.165) is 28.7 Å². The van der Waals surface area contributed by atoms with E-state index < -0.39 is 10.0 Å². The van der Waals surface area contributed by atoms with Gasteiger partial charge in [-0.05, 0) is 37.5 Å². The standard InChI is InChI=1S/C14H22N2O4S/c1-10-5-6-11(2)14(12(10)3)20-9-13(17)15-7-8-16-21(4,18)19/h5-6,16H,7-9H2,1-4H3,(H,15,17). The van der Waals surface area contributed by atoms with Crippen molar-refractivity contribution in [1.82, 2.24) is 10.0 Å². The quantitative estimate of drug-likeness (QED) is 0.724. The molecule has 2 N–H and O–H groups in total. The van der Waals surface area contributed by atoms with Crippen LogP contribution < -0.4 is 14.8 Å².